The van der Waals surface area contributed by atoms with E-state index in [0.29, 0.717) is 13.2 Å². The number of hydrogen-bond donors (Lipinski definition) is 2. The summed E-state index contributed by atoms with van der Waals surface area (Å²) in [5.74, 6) is 0.409. The molecule has 1 fully saturated rings. The molecule has 0 aliphatic heterocycles. The minimum atomic E-state index is 0.0540. The Morgan fingerprint density at radius 1 is 1.04 bits per heavy atom. The Hall–Kier alpha value is -1.36. The molecule has 2 rings (SSSR count). The molecule has 0 aromatic carbocycles. The molecule has 1 saturated carbocycles. The first kappa shape index (κ1) is 19.0. The molecule has 136 valence electrons. The predicted octanol–water partition coefficient (Wildman–Crippen LogP) is 2.56. The van der Waals surface area contributed by atoms with Crippen molar-refractivity contribution in [3.63, 3.8) is 0 Å². The molecule has 5 heteroatoms. The zero-order valence-electron chi connectivity index (χ0n) is 14.9. The van der Waals surface area contributed by atoms with Gasteiger partial charge < -0.3 is 15.4 Å². The predicted molar refractivity (Wildman–Crippen MR) is 94.5 cm³/mol. The van der Waals surface area contributed by atoms with Gasteiger partial charge in [-0.3, -0.25) is 9.59 Å². The van der Waals surface area contributed by atoms with Crippen molar-refractivity contribution in [1.82, 2.24) is 10.6 Å². The fourth-order valence-electron chi connectivity index (χ4n) is 3.66. The van der Waals surface area contributed by atoms with Crippen LogP contribution in [0.5, 0.6) is 0 Å². The SMILES string of the molecule is COCCNC(=O)C1CCC(C(=O)NCCC2=CCCCC2)CC1. The van der Waals surface area contributed by atoms with Gasteiger partial charge in [-0.1, -0.05) is 11.6 Å². The molecule has 2 amide bonds. The number of rotatable bonds is 8. The van der Waals surface area contributed by atoms with E-state index in [9.17, 15) is 9.59 Å². The van der Waals surface area contributed by atoms with Gasteiger partial charge in [-0.25, -0.2) is 0 Å². The van der Waals surface area contributed by atoms with Gasteiger partial charge in [0.15, 0.2) is 0 Å². The lowest BCUT2D eigenvalue weighted by molar-refractivity contribution is -0.130. The van der Waals surface area contributed by atoms with Crippen molar-refractivity contribution in [1.29, 1.82) is 0 Å². The summed E-state index contributed by atoms with van der Waals surface area (Å²) in [6.07, 6.45) is 11.6. The second-order valence-corrected chi connectivity index (χ2v) is 6.98. The minimum absolute atomic E-state index is 0.0540. The monoisotopic (exact) mass is 336 g/mol. The molecule has 0 spiro atoms. The normalized spacial score (nSPS) is 24.1. The van der Waals surface area contributed by atoms with Crippen molar-refractivity contribution in [2.75, 3.05) is 26.8 Å². The van der Waals surface area contributed by atoms with E-state index in [1.807, 2.05) is 0 Å². The molecule has 0 atom stereocenters. The zero-order valence-corrected chi connectivity index (χ0v) is 14.9. The highest BCUT2D eigenvalue weighted by Crippen LogP contribution is 2.29. The lowest BCUT2D eigenvalue weighted by atomic mass is 9.81. The quantitative estimate of drug-likeness (QED) is 0.529. The summed E-state index contributed by atoms with van der Waals surface area (Å²) in [6, 6.07) is 0. The van der Waals surface area contributed by atoms with Crippen molar-refractivity contribution in [2.24, 2.45) is 11.8 Å². The first-order chi connectivity index (χ1) is 11.7. The van der Waals surface area contributed by atoms with Crippen LogP contribution in [-0.2, 0) is 14.3 Å². The Morgan fingerprint density at radius 3 is 2.21 bits per heavy atom. The van der Waals surface area contributed by atoms with E-state index >= 15 is 0 Å². The number of carbonyl (C=O) groups excluding carboxylic acids is 2. The molecule has 0 bridgehead atoms. The van der Waals surface area contributed by atoms with Crippen molar-refractivity contribution >= 4 is 11.8 Å². The third-order valence-electron chi connectivity index (χ3n) is 5.20. The van der Waals surface area contributed by atoms with E-state index in [1.165, 1.54) is 31.3 Å². The maximum absolute atomic E-state index is 12.3. The van der Waals surface area contributed by atoms with Gasteiger partial charge in [0.05, 0.1) is 6.61 Å². The number of ether oxygens (including phenoxy) is 1. The summed E-state index contributed by atoms with van der Waals surface area (Å²) in [6.45, 7) is 1.85. The number of nitrogens with one attached hydrogen (secondary N) is 2. The van der Waals surface area contributed by atoms with Crippen molar-refractivity contribution in [3.8, 4) is 0 Å². The van der Waals surface area contributed by atoms with Crippen LogP contribution in [0.15, 0.2) is 11.6 Å². The molecular weight excluding hydrogens is 304 g/mol. The van der Waals surface area contributed by atoms with Crippen molar-refractivity contribution < 1.29 is 14.3 Å². The van der Waals surface area contributed by atoms with Gasteiger partial charge in [0.25, 0.3) is 0 Å². The average Bonchev–Trinajstić information content (AvgIpc) is 2.63. The number of allylic oxidation sites excluding steroid dienone is 1. The number of hydrogen-bond acceptors (Lipinski definition) is 3. The molecule has 24 heavy (non-hydrogen) atoms. The van der Waals surface area contributed by atoms with E-state index in [1.54, 1.807) is 7.11 Å². The largest absolute Gasteiger partial charge is 0.383 e. The molecule has 0 aromatic heterocycles. The third kappa shape index (κ3) is 6.27. The summed E-state index contributed by atoms with van der Waals surface area (Å²) >= 11 is 0. The van der Waals surface area contributed by atoms with Gasteiger partial charge in [0.1, 0.15) is 0 Å². The van der Waals surface area contributed by atoms with E-state index in [-0.39, 0.29) is 23.7 Å². The van der Waals surface area contributed by atoms with Crippen LogP contribution in [0.1, 0.15) is 57.8 Å². The van der Waals surface area contributed by atoms with Gasteiger partial charge >= 0.3 is 0 Å². The van der Waals surface area contributed by atoms with Crippen molar-refractivity contribution in [2.45, 2.75) is 57.8 Å². The van der Waals surface area contributed by atoms with Crippen molar-refractivity contribution in [3.05, 3.63) is 11.6 Å². The first-order valence-electron chi connectivity index (χ1n) is 9.43. The van der Waals surface area contributed by atoms with Crippen LogP contribution in [0, 0.1) is 11.8 Å². The summed E-state index contributed by atoms with van der Waals surface area (Å²) in [5.41, 5.74) is 1.50. The standard InChI is InChI=1S/C19H32N2O3/c1-24-14-13-21-19(23)17-9-7-16(8-10-17)18(22)20-12-11-15-5-3-2-4-6-15/h5,16-17H,2-4,6-14H2,1H3,(H,20,22)(H,21,23). The van der Waals surface area contributed by atoms with Gasteiger partial charge in [-0.15, -0.1) is 0 Å². The van der Waals surface area contributed by atoms with Gasteiger partial charge in [-0.2, -0.15) is 0 Å². The fourth-order valence-corrected chi connectivity index (χ4v) is 3.66. The summed E-state index contributed by atoms with van der Waals surface area (Å²) < 4.78 is 4.94. The van der Waals surface area contributed by atoms with Gasteiger partial charge in [0, 0.05) is 32.0 Å². The Kier molecular flexibility index (Phi) is 8.29. The lowest BCUT2D eigenvalue weighted by Crippen LogP contribution is -2.38. The summed E-state index contributed by atoms with van der Waals surface area (Å²) in [4.78, 5) is 24.3. The highest BCUT2D eigenvalue weighted by molar-refractivity contribution is 5.81. The van der Waals surface area contributed by atoms with Crippen LogP contribution in [0.2, 0.25) is 0 Å². The summed E-state index contributed by atoms with van der Waals surface area (Å²) in [7, 11) is 1.63. The van der Waals surface area contributed by atoms with Gasteiger partial charge in [0.2, 0.25) is 11.8 Å². The third-order valence-corrected chi connectivity index (χ3v) is 5.20. The van der Waals surface area contributed by atoms with Crippen LogP contribution in [0.4, 0.5) is 0 Å². The molecule has 5 nitrogen and oxygen atoms in total. The van der Waals surface area contributed by atoms with E-state index in [2.05, 4.69) is 16.7 Å². The maximum Gasteiger partial charge on any atom is 0.223 e. The van der Waals surface area contributed by atoms with E-state index < -0.39 is 0 Å². The minimum Gasteiger partial charge on any atom is -0.383 e. The second-order valence-electron chi connectivity index (χ2n) is 6.98. The molecular formula is C19H32N2O3. The lowest BCUT2D eigenvalue weighted by Gasteiger charge is -2.27. The van der Waals surface area contributed by atoms with Crippen LogP contribution < -0.4 is 10.6 Å². The molecule has 2 N–H and O–H groups in total. The smallest absolute Gasteiger partial charge is 0.223 e. The highest BCUT2D eigenvalue weighted by Gasteiger charge is 2.29. The average molecular weight is 336 g/mol. The van der Waals surface area contributed by atoms with E-state index in [0.717, 1.165) is 38.6 Å². The zero-order chi connectivity index (χ0) is 17.2. The maximum atomic E-state index is 12.3. The summed E-state index contributed by atoms with van der Waals surface area (Å²) in [5, 5.41) is 5.99. The highest BCUT2D eigenvalue weighted by atomic mass is 16.5. The molecule has 2 aliphatic carbocycles. The molecule has 0 heterocycles. The Balaban J connectivity index is 1.61. The number of carbonyl (C=O) groups is 2. The second kappa shape index (κ2) is 10.5. The molecule has 0 saturated heterocycles. The van der Waals surface area contributed by atoms with Crippen LogP contribution in [-0.4, -0.2) is 38.6 Å². The Labute approximate surface area is 145 Å². The van der Waals surface area contributed by atoms with Crippen LogP contribution in [0.3, 0.4) is 0 Å². The molecule has 2 aliphatic rings. The molecule has 0 radical (unpaired) electrons. The van der Waals surface area contributed by atoms with Gasteiger partial charge in [-0.05, 0) is 57.8 Å². The Bertz CT molecular complexity index is 440. The van der Waals surface area contributed by atoms with E-state index in [4.69, 9.17) is 4.74 Å². The number of amides is 2. The van der Waals surface area contributed by atoms with Crippen LogP contribution in [0.25, 0.3) is 0 Å². The topological polar surface area (TPSA) is 67.4 Å². The Morgan fingerprint density at radius 2 is 1.67 bits per heavy atom. The molecule has 0 aromatic rings. The fraction of sp³-hybridized carbons (Fsp3) is 0.789. The number of methoxy groups -OCH3 is 1. The first-order valence-corrected chi connectivity index (χ1v) is 9.43. The van der Waals surface area contributed by atoms with Crippen LogP contribution >= 0.6 is 0 Å². The molecule has 0 unspecified atom stereocenters.